The van der Waals surface area contributed by atoms with E-state index in [1.807, 2.05) is 13.0 Å². The lowest BCUT2D eigenvalue weighted by Crippen LogP contribution is -2.17. The molecular formula is C15H18FNO. The molecule has 3 rings (SSSR count). The number of fused-ring (bicyclic) bond motifs is 1. The number of aryl methyl sites for hydroxylation is 1. The van der Waals surface area contributed by atoms with E-state index in [-0.39, 0.29) is 23.6 Å². The van der Waals surface area contributed by atoms with Crippen molar-refractivity contribution in [1.82, 2.24) is 5.32 Å². The molecule has 1 heterocycles. The summed E-state index contributed by atoms with van der Waals surface area (Å²) in [5.74, 6) is 0.212. The van der Waals surface area contributed by atoms with Gasteiger partial charge in [-0.05, 0) is 41.5 Å². The van der Waals surface area contributed by atoms with Gasteiger partial charge in [0.25, 0.3) is 0 Å². The molecule has 96 valence electrons. The minimum Gasteiger partial charge on any atom is -0.355 e. The average molecular weight is 247 g/mol. The van der Waals surface area contributed by atoms with E-state index in [0.29, 0.717) is 18.0 Å². The Morgan fingerprint density at radius 2 is 2.06 bits per heavy atom. The Balaban J connectivity index is 2.01. The summed E-state index contributed by atoms with van der Waals surface area (Å²) in [4.78, 5) is 11.5. The smallest absolute Gasteiger partial charge is 0.223 e. The summed E-state index contributed by atoms with van der Waals surface area (Å²) >= 11 is 0. The minimum absolute atomic E-state index is 0.0151. The van der Waals surface area contributed by atoms with Crippen molar-refractivity contribution in [2.75, 3.05) is 6.54 Å². The summed E-state index contributed by atoms with van der Waals surface area (Å²) < 4.78 is 14.2. The fraction of sp³-hybridized carbons (Fsp3) is 0.533. The lowest BCUT2D eigenvalue weighted by molar-refractivity contribution is -0.122. The number of carbonyl (C=O) groups is 1. The van der Waals surface area contributed by atoms with Gasteiger partial charge in [-0.2, -0.15) is 0 Å². The van der Waals surface area contributed by atoms with Crippen LogP contribution in [0.15, 0.2) is 12.1 Å². The number of hydrogen-bond donors (Lipinski definition) is 1. The van der Waals surface area contributed by atoms with E-state index >= 15 is 0 Å². The number of halogens is 1. The van der Waals surface area contributed by atoms with E-state index in [4.69, 9.17) is 0 Å². The predicted molar refractivity (Wildman–Crippen MR) is 68.1 cm³/mol. The molecular weight excluding hydrogens is 229 g/mol. The second-order valence-corrected chi connectivity index (χ2v) is 5.65. The van der Waals surface area contributed by atoms with E-state index in [1.165, 1.54) is 5.56 Å². The molecule has 1 saturated heterocycles. The molecule has 1 aliphatic heterocycles. The Labute approximate surface area is 107 Å². The highest BCUT2D eigenvalue weighted by atomic mass is 19.1. The highest BCUT2D eigenvalue weighted by molar-refractivity contribution is 5.82. The van der Waals surface area contributed by atoms with E-state index in [1.54, 1.807) is 6.07 Å². The molecule has 18 heavy (non-hydrogen) atoms. The first-order chi connectivity index (χ1) is 8.58. The summed E-state index contributed by atoms with van der Waals surface area (Å²) in [5.41, 5.74) is 3.14. The van der Waals surface area contributed by atoms with Crippen LogP contribution in [0.25, 0.3) is 0 Å². The van der Waals surface area contributed by atoms with Crippen LogP contribution in [0.3, 0.4) is 0 Å². The van der Waals surface area contributed by atoms with Gasteiger partial charge in [0.2, 0.25) is 5.91 Å². The molecule has 1 N–H and O–H groups in total. The van der Waals surface area contributed by atoms with Crippen molar-refractivity contribution < 1.29 is 9.18 Å². The summed E-state index contributed by atoms with van der Waals surface area (Å²) in [6, 6.07) is 3.69. The van der Waals surface area contributed by atoms with Crippen molar-refractivity contribution in [3.8, 4) is 0 Å². The molecule has 1 aromatic rings. The first-order valence-corrected chi connectivity index (χ1v) is 6.68. The zero-order valence-electron chi connectivity index (χ0n) is 10.8. The Kier molecular flexibility index (Phi) is 2.65. The molecule has 2 nitrogen and oxygen atoms in total. The first kappa shape index (κ1) is 11.7. The third kappa shape index (κ3) is 1.64. The Morgan fingerprint density at radius 1 is 1.28 bits per heavy atom. The molecule has 0 spiro atoms. The molecule has 1 fully saturated rings. The average Bonchev–Trinajstić information content (AvgIpc) is 2.85. The van der Waals surface area contributed by atoms with Gasteiger partial charge in [0, 0.05) is 18.4 Å². The number of benzene rings is 1. The zero-order valence-corrected chi connectivity index (χ0v) is 10.8. The molecule has 1 unspecified atom stereocenters. The molecule has 2 aliphatic rings. The van der Waals surface area contributed by atoms with Gasteiger partial charge in [-0.25, -0.2) is 4.39 Å². The van der Waals surface area contributed by atoms with Crippen LogP contribution in [0, 0.1) is 11.7 Å². The van der Waals surface area contributed by atoms with Gasteiger partial charge < -0.3 is 5.32 Å². The topological polar surface area (TPSA) is 29.1 Å². The standard InChI is InChI=1S/C15H18FNO/c1-8-3-4-10-5-12(14(16)6-11(8)10)13-7-17-15(18)9(13)2/h5-6,8-9,13H,3-4,7H2,1-2H3,(H,17,18)/t8?,9-,13+/m0/s1. The maximum atomic E-state index is 14.2. The van der Waals surface area contributed by atoms with Gasteiger partial charge in [0.1, 0.15) is 5.82 Å². The number of nitrogens with one attached hydrogen (secondary N) is 1. The maximum Gasteiger partial charge on any atom is 0.223 e. The third-order valence-electron chi connectivity index (χ3n) is 4.55. The number of amides is 1. The monoisotopic (exact) mass is 247 g/mol. The summed E-state index contributed by atoms with van der Waals surface area (Å²) in [7, 11) is 0. The molecule has 1 amide bonds. The molecule has 3 atom stereocenters. The number of rotatable bonds is 1. The molecule has 0 aromatic heterocycles. The van der Waals surface area contributed by atoms with E-state index in [0.717, 1.165) is 18.4 Å². The fourth-order valence-electron chi connectivity index (χ4n) is 3.25. The third-order valence-corrected chi connectivity index (χ3v) is 4.55. The van der Waals surface area contributed by atoms with Gasteiger partial charge >= 0.3 is 0 Å². The van der Waals surface area contributed by atoms with Crippen LogP contribution in [0.4, 0.5) is 4.39 Å². The van der Waals surface area contributed by atoms with E-state index in [9.17, 15) is 9.18 Å². The van der Waals surface area contributed by atoms with Gasteiger partial charge in [0.05, 0.1) is 0 Å². The lowest BCUT2D eigenvalue weighted by Gasteiger charge is -2.16. The van der Waals surface area contributed by atoms with Crippen molar-refractivity contribution in [2.45, 2.75) is 38.5 Å². The van der Waals surface area contributed by atoms with Crippen LogP contribution >= 0.6 is 0 Å². The van der Waals surface area contributed by atoms with Crippen LogP contribution in [0.5, 0.6) is 0 Å². The minimum atomic E-state index is -0.143. The van der Waals surface area contributed by atoms with E-state index < -0.39 is 0 Å². The van der Waals surface area contributed by atoms with Gasteiger partial charge in [-0.1, -0.05) is 19.9 Å². The SMILES string of the molecule is CC1CCc2cc([C@@H]3CNC(=O)[C@H]3C)c(F)cc21. The normalized spacial score (nSPS) is 30.4. The van der Waals surface area contributed by atoms with Crippen molar-refractivity contribution >= 4 is 5.91 Å². The highest BCUT2D eigenvalue weighted by Crippen LogP contribution is 2.38. The van der Waals surface area contributed by atoms with Crippen LogP contribution in [0.2, 0.25) is 0 Å². The Bertz CT molecular complexity index is 511. The second kappa shape index (κ2) is 4.08. The molecule has 0 saturated carbocycles. The quantitative estimate of drug-likeness (QED) is 0.812. The second-order valence-electron chi connectivity index (χ2n) is 5.65. The fourth-order valence-corrected chi connectivity index (χ4v) is 3.25. The molecule has 1 aliphatic carbocycles. The first-order valence-electron chi connectivity index (χ1n) is 6.68. The zero-order chi connectivity index (χ0) is 12.9. The van der Waals surface area contributed by atoms with Crippen LogP contribution in [-0.2, 0) is 11.2 Å². The summed E-state index contributed by atoms with van der Waals surface area (Å²) in [6.07, 6.45) is 2.14. The van der Waals surface area contributed by atoms with Crippen molar-refractivity contribution in [2.24, 2.45) is 5.92 Å². The number of hydrogen-bond acceptors (Lipinski definition) is 1. The molecule has 3 heteroatoms. The summed E-state index contributed by atoms with van der Waals surface area (Å²) in [5, 5.41) is 2.82. The lowest BCUT2D eigenvalue weighted by atomic mass is 9.87. The largest absolute Gasteiger partial charge is 0.355 e. The van der Waals surface area contributed by atoms with Gasteiger partial charge in [-0.3, -0.25) is 4.79 Å². The molecule has 1 aromatic carbocycles. The van der Waals surface area contributed by atoms with Crippen molar-refractivity contribution in [1.29, 1.82) is 0 Å². The van der Waals surface area contributed by atoms with Crippen LogP contribution in [0.1, 0.15) is 48.8 Å². The van der Waals surface area contributed by atoms with Crippen LogP contribution in [-0.4, -0.2) is 12.5 Å². The number of carbonyl (C=O) groups excluding carboxylic acids is 1. The van der Waals surface area contributed by atoms with Crippen LogP contribution < -0.4 is 5.32 Å². The Morgan fingerprint density at radius 3 is 2.72 bits per heavy atom. The van der Waals surface area contributed by atoms with Gasteiger partial charge in [-0.15, -0.1) is 0 Å². The predicted octanol–water partition coefficient (Wildman–Crippen LogP) is 2.72. The van der Waals surface area contributed by atoms with E-state index in [2.05, 4.69) is 12.2 Å². The molecule has 0 radical (unpaired) electrons. The van der Waals surface area contributed by atoms with Gasteiger partial charge in [0.15, 0.2) is 0 Å². The van der Waals surface area contributed by atoms with Crippen molar-refractivity contribution in [3.63, 3.8) is 0 Å². The molecule has 0 bridgehead atoms. The Hall–Kier alpha value is -1.38. The highest BCUT2D eigenvalue weighted by Gasteiger charge is 2.34. The van der Waals surface area contributed by atoms with Crippen molar-refractivity contribution in [3.05, 3.63) is 34.6 Å². The summed E-state index contributed by atoms with van der Waals surface area (Å²) in [6.45, 7) is 4.59. The maximum absolute atomic E-state index is 14.2.